The monoisotopic (exact) mass is 293 g/mol. The van der Waals surface area contributed by atoms with Crippen molar-refractivity contribution in [2.45, 2.75) is 31.5 Å². The van der Waals surface area contributed by atoms with Crippen molar-refractivity contribution in [3.8, 4) is 0 Å². The molecule has 8 heteroatoms. The summed E-state index contributed by atoms with van der Waals surface area (Å²) in [7, 11) is 0. The van der Waals surface area contributed by atoms with Crippen molar-refractivity contribution in [1.82, 2.24) is 15.1 Å². The Morgan fingerprint density at radius 3 is 2.75 bits per heavy atom. The van der Waals surface area contributed by atoms with Crippen molar-refractivity contribution in [2.24, 2.45) is 0 Å². The lowest BCUT2D eigenvalue weighted by Gasteiger charge is -2.41. The molecule has 1 atom stereocenters. The first kappa shape index (κ1) is 15.1. The standard InChI is InChI=1S/C12H18F3N3O2/c13-12(14,15)6-10(19)17-4-1-2-9(8-17)18-5-3-16-7-11(18)20/h9,16H,1-8H2. The summed E-state index contributed by atoms with van der Waals surface area (Å²) in [6.45, 7) is 2.03. The number of piperidine rings is 1. The Morgan fingerprint density at radius 2 is 2.10 bits per heavy atom. The normalized spacial score (nSPS) is 24.9. The Hall–Kier alpha value is -1.31. The zero-order valence-electron chi connectivity index (χ0n) is 11.1. The summed E-state index contributed by atoms with van der Waals surface area (Å²) in [5, 5.41) is 2.95. The first-order valence-electron chi connectivity index (χ1n) is 6.71. The van der Waals surface area contributed by atoms with E-state index in [0.717, 1.165) is 6.42 Å². The van der Waals surface area contributed by atoms with Gasteiger partial charge in [-0.2, -0.15) is 13.2 Å². The lowest BCUT2D eigenvalue weighted by atomic mass is 10.0. The number of nitrogens with zero attached hydrogens (tertiary/aromatic N) is 2. The van der Waals surface area contributed by atoms with Crippen LogP contribution in [0.3, 0.4) is 0 Å². The van der Waals surface area contributed by atoms with Crippen LogP contribution in [-0.4, -0.2) is 66.6 Å². The van der Waals surface area contributed by atoms with E-state index in [4.69, 9.17) is 0 Å². The molecule has 114 valence electrons. The second-order valence-electron chi connectivity index (χ2n) is 5.19. The molecule has 0 aromatic rings. The zero-order valence-corrected chi connectivity index (χ0v) is 11.1. The van der Waals surface area contributed by atoms with Gasteiger partial charge in [0, 0.05) is 32.2 Å². The van der Waals surface area contributed by atoms with Gasteiger partial charge in [0.1, 0.15) is 6.42 Å². The van der Waals surface area contributed by atoms with Gasteiger partial charge in [0.05, 0.1) is 6.54 Å². The Morgan fingerprint density at radius 1 is 1.35 bits per heavy atom. The number of halogens is 3. The summed E-state index contributed by atoms with van der Waals surface area (Å²) in [5.41, 5.74) is 0. The van der Waals surface area contributed by atoms with Crippen LogP contribution in [0.4, 0.5) is 13.2 Å². The molecule has 2 heterocycles. The molecule has 2 fully saturated rings. The van der Waals surface area contributed by atoms with E-state index in [2.05, 4.69) is 5.32 Å². The predicted octanol–water partition coefficient (Wildman–Crippen LogP) is 0.362. The molecule has 0 bridgehead atoms. The highest BCUT2D eigenvalue weighted by atomic mass is 19.4. The van der Waals surface area contributed by atoms with Crippen LogP contribution in [0.2, 0.25) is 0 Å². The van der Waals surface area contributed by atoms with Crippen LogP contribution in [0.1, 0.15) is 19.3 Å². The van der Waals surface area contributed by atoms with Crippen LogP contribution in [0.15, 0.2) is 0 Å². The number of alkyl halides is 3. The van der Waals surface area contributed by atoms with Crippen LogP contribution in [0.25, 0.3) is 0 Å². The van der Waals surface area contributed by atoms with E-state index < -0.39 is 18.5 Å². The fourth-order valence-corrected chi connectivity index (χ4v) is 2.73. The number of piperazine rings is 1. The minimum absolute atomic E-state index is 0.0497. The van der Waals surface area contributed by atoms with Crippen LogP contribution < -0.4 is 5.32 Å². The van der Waals surface area contributed by atoms with E-state index in [1.54, 1.807) is 4.90 Å². The summed E-state index contributed by atoms with van der Waals surface area (Å²) < 4.78 is 36.8. The van der Waals surface area contributed by atoms with Crippen LogP contribution in [-0.2, 0) is 9.59 Å². The minimum Gasteiger partial charge on any atom is -0.340 e. The number of likely N-dealkylation sites (tertiary alicyclic amines) is 1. The number of hydrogen-bond donors (Lipinski definition) is 1. The second-order valence-corrected chi connectivity index (χ2v) is 5.19. The quantitative estimate of drug-likeness (QED) is 0.800. The molecular formula is C12H18F3N3O2. The number of hydrogen-bond acceptors (Lipinski definition) is 3. The molecule has 2 amide bonds. The van der Waals surface area contributed by atoms with Gasteiger partial charge in [-0.25, -0.2) is 0 Å². The van der Waals surface area contributed by atoms with Crippen LogP contribution in [0, 0.1) is 0 Å². The van der Waals surface area contributed by atoms with Gasteiger partial charge in [-0.15, -0.1) is 0 Å². The summed E-state index contributed by atoms with van der Waals surface area (Å²) in [4.78, 5) is 26.3. The molecule has 0 aromatic carbocycles. The Labute approximate surface area is 115 Å². The van der Waals surface area contributed by atoms with Crippen molar-refractivity contribution in [2.75, 3.05) is 32.7 Å². The van der Waals surface area contributed by atoms with Gasteiger partial charge in [-0.1, -0.05) is 0 Å². The predicted molar refractivity (Wildman–Crippen MR) is 64.9 cm³/mol. The molecule has 0 saturated carbocycles. The Bertz CT molecular complexity index is 387. The van der Waals surface area contributed by atoms with Gasteiger partial charge in [0.15, 0.2) is 0 Å². The molecule has 1 N–H and O–H groups in total. The SMILES string of the molecule is O=C(CC(F)(F)F)N1CCCC(N2CCNCC2=O)C1. The van der Waals surface area contributed by atoms with E-state index in [1.165, 1.54) is 4.90 Å². The van der Waals surface area contributed by atoms with E-state index in [1.807, 2.05) is 0 Å². The Kier molecular flexibility index (Phi) is 4.52. The topological polar surface area (TPSA) is 52.7 Å². The Balaban J connectivity index is 1.94. The van der Waals surface area contributed by atoms with Gasteiger partial charge in [-0.3, -0.25) is 9.59 Å². The summed E-state index contributed by atoms with van der Waals surface area (Å²) in [5.74, 6) is -0.948. The summed E-state index contributed by atoms with van der Waals surface area (Å²) in [6.07, 6.45) is -4.53. The maximum atomic E-state index is 12.3. The van der Waals surface area contributed by atoms with Gasteiger partial charge in [0.2, 0.25) is 11.8 Å². The van der Waals surface area contributed by atoms with Crippen molar-refractivity contribution in [3.05, 3.63) is 0 Å². The lowest BCUT2D eigenvalue weighted by Crippen LogP contribution is -2.57. The van der Waals surface area contributed by atoms with Crippen molar-refractivity contribution in [3.63, 3.8) is 0 Å². The first-order valence-corrected chi connectivity index (χ1v) is 6.71. The third kappa shape index (κ3) is 3.84. The smallest absolute Gasteiger partial charge is 0.340 e. The van der Waals surface area contributed by atoms with Crippen molar-refractivity contribution in [1.29, 1.82) is 0 Å². The molecule has 5 nitrogen and oxygen atoms in total. The van der Waals surface area contributed by atoms with Crippen LogP contribution >= 0.6 is 0 Å². The molecule has 0 aliphatic carbocycles. The van der Waals surface area contributed by atoms with Crippen LogP contribution in [0.5, 0.6) is 0 Å². The molecule has 2 aliphatic heterocycles. The third-order valence-electron chi connectivity index (χ3n) is 3.67. The largest absolute Gasteiger partial charge is 0.397 e. The molecule has 1 unspecified atom stereocenters. The highest BCUT2D eigenvalue weighted by Gasteiger charge is 2.36. The number of amides is 2. The van der Waals surface area contributed by atoms with Gasteiger partial charge < -0.3 is 15.1 Å². The summed E-state index contributed by atoms with van der Waals surface area (Å²) >= 11 is 0. The first-order chi connectivity index (χ1) is 9.37. The number of rotatable bonds is 2. The van der Waals surface area contributed by atoms with Gasteiger partial charge in [-0.05, 0) is 12.8 Å². The fourth-order valence-electron chi connectivity index (χ4n) is 2.73. The number of carbonyl (C=O) groups is 2. The van der Waals surface area contributed by atoms with E-state index in [-0.39, 0.29) is 25.0 Å². The third-order valence-corrected chi connectivity index (χ3v) is 3.67. The van der Waals surface area contributed by atoms with Gasteiger partial charge >= 0.3 is 6.18 Å². The molecule has 0 radical (unpaired) electrons. The van der Waals surface area contributed by atoms with E-state index >= 15 is 0 Å². The average molecular weight is 293 g/mol. The molecule has 2 saturated heterocycles. The summed E-state index contributed by atoms with van der Waals surface area (Å²) in [6, 6.07) is -0.157. The van der Waals surface area contributed by atoms with Crippen molar-refractivity contribution < 1.29 is 22.8 Å². The average Bonchev–Trinajstić information content (AvgIpc) is 2.37. The number of carbonyl (C=O) groups excluding carboxylic acids is 2. The second kappa shape index (κ2) is 5.99. The molecule has 0 aromatic heterocycles. The molecule has 20 heavy (non-hydrogen) atoms. The maximum Gasteiger partial charge on any atom is 0.397 e. The fraction of sp³-hybridized carbons (Fsp3) is 0.833. The zero-order chi connectivity index (χ0) is 14.8. The molecule has 0 spiro atoms. The highest BCUT2D eigenvalue weighted by molar-refractivity contribution is 5.80. The molecule has 2 rings (SSSR count). The van der Waals surface area contributed by atoms with E-state index in [0.29, 0.717) is 26.1 Å². The minimum atomic E-state index is -4.48. The van der Waals surface area contributed by atoms with Gasteiger partial charge in [0.25, 0.3) is 0 Å². The maximum absolute atomic E-state index is 12.3. The highest BCUT2D eigenvalue weighted by Crippen LogP contribution is 2.23. The molecule has 2 aliphatic rings. The van der Waals surface area contributed by atoms with Crippen molar-refractivity contribution >= 4 is 11.8 Å². The molecular weight excluding hydrogens is 275 g/mol. The number of nitrogens with one attached hydrogen (secondary N) is 1. The van der Waals surface area contributed by atoms with E-state index in [9.17, 15) is 22.8 Å². The lowest BCUT2D eigenvalue weighted by molar-refractivity contribution is -0.163.